The summed E-state index contributed by atoms with van der Waals surface area (Å²) in [6, 6.07) is 0.297. The Balaban J connectivity index is 1.96. The molecular weight excluding hydrogens is 250 g/mol. The van der Waals surface area contributed by atoms with E-state index >= 15 is 0 Å². The molecule has 0 radical (unpaired) electrons. The summed E-state index contributed by atoms with van der Waals surface area (Å²) in [5.74, 6) is 2.03. The van der Waals surface area contributed by atoms with Crippen molar-refractivity contribution >= 4 is 23.5 Å². The van der Waals surface area contributed by atoms with E-state index in [-0.39, 0.29) is 24.2 Å². The Bertz CT molecular complexity index is 309. The van der Waals surface area contributed by atoms with E-state index in [4.69, 9.17) is 4.74 Å². The third kappa shape index (κ3) is 3.72. The van der Waals surface area contributed by atoms with Crippen LogP contribution in [0.3, 0.4) is 0 Å². The molecule has 0 saturated carbocycles. The van der Waals surface area contributed by atoms with E-state index in [2.05, 4.69) is 0 Å². The molecule has 0 aromatic rings. The lowest BCUT2D eigenvalue weighted by atomic mass is 10.1. The van der Waals surface area contributed by atoms with Crippen molar-refractivity contribution in [3.8, 4) is 0 Å². The first-order valence-corrected chi connectivity index (χ1v) is 7.80. The molecule has 102 valence electrons. The number of nitrogens with zero attached hydrogens (tertiary/aromatic N) is 1. The van der Waals surface area contributed by atoms with Crippen molar-refractivity contribution in [2.24, 2.45) is 0 Å². The predicted molar refractivity (Wildman–Crippen MR) is 71.7 cm³/mol. The van der Waals surface area contributed by atoms with E-state index in [0.29, 0.717) is 12.6 Å². The maximum atomic E-state index is 12.2. The first-order chi connectivity index (χ1) is 8.66. The van der Waals surface area contributed by atoms with Crippen molar-refractivity contribution in [2.75, 3.05) is 24.7 Å². The van der Waals surface area contributed by atoms with Gasteiger partial charge < -0.3 is 9.64 Å². The minimum absolute atomic E-state index is 0.0227. The molecule has 2 aliphatic heterocycles. The van der Waals surface area contributed by atoms with Gasteiger partial charge in [0.25, 0.3) is 0 Å². The fourth-order valence-electron chi connectivity index (χ4n) is 2.54. The van der Waals surface area contributed by atoms with Gasteiger partial charge in [-0.2, -0.15) is 11.8 Å². The van der Waals surface area contributed by atoms with Crippen LogP contribution in [-0.2, 0) is 14.3 Å². The van der Waals surface area contributed by atoms with Gasteiger partial charge in [0.15, 0.2) is 0 Å². The molecule has 1 amide bonds. The van der Waals surface area contributed by atoms with Crippen molar-refractivity contribution in [2.45, 2.75) is 44.8 Å². The second kappa shape index (κ2) is 6.57. The number of hydrogen-bond acceptors (Lipinski definition) is 4. The predicted octanol–water partition coefficient (Wildman–Crippen LogP) is 1.48. The third-order valence-corrected chi connectivity index (χ3v) is 4.64. The second-order valence-corrected chi connectivity index (χ2v) is 6.23. The van der Waals surface area contributed by atoms with Crippen LogP contribution in [0.15, 0.2) is 0 Å². The van der Waals surface area contributed by atoms with Gasteiger partial charge in [0.1, 0.15) is 5.78 Å². The zero-order valence-corrected chi connectivity index (χ0v) is 11.7. The number of hydrogen-bond donors (Lipinski definition) is 0. The van der Waals surface area contributed by atoms with Crippen LogP contribution >= 0.6 is 11.8 Å². The summed E-state index contributed by atoms with van der Waals surface area (Å²) in [5, 5.41) is 0. The van der Waals surface area contributed by atoms with Gasteiger partial charge in [0.2, 0.25) is 5.91 Å². The molecule has 0 N–H and O–H groups in total. The van der Waals surface area contributed by atoms with Crippen molar-refractivity contribution in [3.63, 3.8) is 0 Å². The van der Waals surface area contributed by atoms with E-state index in [1.54, 1.807) is 0 Å². The number of ether oxygens (including phenoxy) is 1. The topological polar surface area (TPSA) is 46.6 Å². The van der Waals surface area contributed by atoms with Crippen LogP contribution in [0.4, 0.5) is 0 Å². The highest BCUT2D eigenvalue weighted by molar-refractivity contribution is 7.99. The fourth-order valence-corrected chi connectivity index (χ4v) is 3.77. The van der Waals surface area contributed by atoms with Crippen LogP contribution in [0, 0.1) is 0 Å². The molecule has 2 aliphatic rings. The molecule has 0 spiro atoms. The van der Waals surface area contributed by atoms with Gasteiger partial charge in [-0.15, -0.1) is 0 Å². The number of carbonyl (C=O) groups excluding carboxylic acids is 2. The lowest BCUT2D eigenvalue weighted by Crippen LogP contribution is -2.45. The summed E-state index contributed by atoms with van der Waals surface area (Å²) < 4.78 is 5.61. The monoisotopic (exact) mass is 271 g/mol. The largest absolute Gasteiger partial charge is 0.376 e. The normalized spacial score (nSPS) is 27.4. The summed E-state index contributed by atoms with van der Waals surface area (Å²) in [4.78, 5) is 25.2. The molecule has 2 saturated heterocycles. The maximum Gasteiger partial charge on any atom is 0.230 e. The van der Waals surface area contributed by atoms with E-state index in [9.17, 15) is 9.59 Å². The molecule has 2 fully saturated rings. The van der Waals surface area contributed by atoms with Crippen molar-refractivity contribution in [3.05, 3.63) is 0 Å². The summed E-state index contributed by atoms with van der Waals surface area (Å²) in [6.45, 7) is 2.95. The number of ketones is 1. The molecule has 4 nitrogen and oxygen atoms in total. The minimum atomic E-state index is -0.0528. The van der Waals surface area contributed by atoms with E-state index in [1.807, 2.05) is 16.7 Å². The molecule has 2 atom stereocenters. The number of thioether (sulfide) groups is 1. The average Bonchev–Trinajstić information content (AvgIpc) is 2.98. The molecule has 0 aliphatic carbocycles. The molecule has 2 unspecified atom stereocenters. The lowest BCUT2D eigenvalue weighted by Gasteiger charge is -2.30. The highest BCUT2D eigenvalue weighted by Gasteiger charge is 2.30. The van der Waals surface area contributed by atoms with E-state index in [1.165, 1.54) is 6.92 Å². The van der Waals surface area contributed by atoms with Gasteiger partial charge in [-0.1, -0.05) is 0 Å². The highest BCUT2D eigenvalue weighted by atomic mass is 32.2. The van der Waals surface area contributed by atoms with Crippen LogP contribution in [0.1, 0.15) is 32.6 Å². The zero-order chi connectivity index (χ0) is 13.0. The van der Waals surface area contributed by atoms with Crippen LogP contribution in [0.25, 0.3) is 0 Å². The molecule has 2 heterocycles. The van der Waals surface area contributed by atoms with Gasteiger partial charge >= 0.3 is 0 Å². The second-order valence-electron chi connectivity index (χ2n) is 5.08. The Morgan fingerprint density at radius 2 is 2.22 bits per heavy atom. The molecule has 0 bridgehead atoms. The van der Waals surface area contributed by atoms with E-state index in [0.717, 1.165) is 37.4 Å². The van der Waals surface area contributed by atoms with Crippen molar-refractivity contribution in [1.29, 1.82) is 0 Å². The molecule has 2 rings (SSSR count). The lowest BCUT2D eigenvalue weighted by molar-refractivity contribution is -0.137. The molecular formula is C13H21NO3S. The zero-order valence-electron chi connectivity index (χ0n) is 10.9. The van der Waals surface area contributed by atoms with Gasteiger partial charge in [-0.25, -0.2) is 0 Å². The van der Waals surface area contributed by atoms with Crippen molar-refractivity contribution < 1.29 is 14.3 Å². The molecule has 0 aromatic heterocycles. The van der Waals surface area contributed by atoms with Crippen LogP contribution in [-0.4, -0.2) is 53.4 Å². The van der Waals surface area contributed by atoms with Crippen LogP contribution in [0.5, 0.6) is 0 Å². The summed E-state index contributed by atoms with van der Waals surface area (Å²) in [6.07, 6.45) is 3.36. The number of Topliss-reactive ketones (excluding diaryl/α,β-unsaturated/α-hetero) is 1. The standard InChI is InChI=1S/C13H21NO3S/c1-10(15)7-13(16)14(11-4-6-18-9-11)8-12-3-2-5-17-12/h11-12H,2-9H2,1H3. The SMILES string of the molecule is CC(=O)CC(=O)N(CC1CCCO1)C1CCSC1. The summed E-state index contributed by atoms with van der Waals surface area (Å²) >= 11 is 1.89. The fraction of sp³-hybridized carbons (Fsp3) is 0.846. The molecule has 0 aromatic carbocycles. The van der Waals surface area contributed by atoms with Crippen LogP contribution < -0.4 is 0 Å². The number of amides is 1. The van der Waals surface area contributed by atoms with Crippen molar-refractivity contribution in [1.82, 2.24) is 4.90 Å². The first kappa shape index (κ1) is 13.9. The Hall–Kier alpha value is -0.550. The van der Waals surface area contributed by atoms with Gasteiger partial charge in [0, 0.05) is 24.9 Å². The minimum Gasteiger partial charge on any atom is -0.376 e. The maximum absolute atomic E-state index is 12.2. The highest BCUT2D eigenvalue weighted by Crippen LogP contribution is 2.25. The summed E-state index contributed by atoms with van der Waals surface area (Å²) in [5.41, 5.74) is 0. The molecule has 5 heteroatoms. The quantitative estimate of drug-likeness (QED) is 0.711. The number of rotatable bonds is 5. The smallest absolute Gasteiger partial charge is 0.230 e. The average molecular weight is 271 g/mol. The van der Waals surface area contributed by atoms with Gasteiger partial charge in [-0.3, -0.25) is 9.59 Å². The van der Waals surface area contributed by atoms with E-state index < -0.39 is 0 Å². The Kier molecular flexibility index (Phi) is 5.06. The molecule has 18 heavy (non-hydrogen) atoms. The first-order valence-electron chi connectivity index (χ1n) is 6.65. The summed E-state index contributed by atoms with van der Waals surface area (Å²) in [7, 11) is 0. The number of carbonyl (C=O) groups is 2. The third-order valence-electron chi connectivity index (χ3n) is 3.49. The van der Waals surface area contributed by atoms with Gasteiger partial charge in [-0.05, 0) is 31.9 Å². The van der Waals surface area contributed by atoms with Crippen LogP contribution in [0.2, 0.25) is 0 Å². The Morgan fingerprint density at radius 1 is 1.39 bits per heavy atom. The van der Waals surface area contributed by atoms with Gasteiger partial charge in [0.05, 0.1) is 12.5 Å². The Labute approximate surface area is 112 Å². The Morgan fingerprint density at radius 3 is 2.78 bits per heavy atom.